The van der Waals surface area contributed by atoms with Crippen molar-refractivity contribution in [1.82, 2.24) is 5.32 Å². The maximum absolute atomic E-state index is 12.1. The Kier molecular flexibility index (Phi) is 2.26. The van der Waals surface area contributed by atoms with Crippen molar-refractivity contribution in [3.8, 4) is 0 Å². The summed E-state index contributed by atoms with van der Waals surface area (Å²) in [5.74, 6) is 0.0964. The first-order chi connectivity index (χ1) is 8.18. The van der Waals surface area contributed by atoms with E-state index in [1.807, 2.05) is 18.2 Å². The smallest absolute Gasteiger partial charge is 0.244 e. The minimum Gasteiger partial charge on any atom is -0.306 e. The molecule has 2 unspecified atom stereocenters. The molecule has 0 radical (unpaired) electrons. The van der Waals surface area contributed by atoms with Gasteiger partial charge in [0.15, 0.2) is 5.78 Å². The Morgan fingerprint density at radius 2 is 2.18 bits per heavy atom. The van der Waals surface area contributed by atoms with Gasteiger partial charge in [-0.05, 0) is 25.5 Å². The van der Waals surface area contributed by atoms with Gasteiger partial charge in [0, 0.05) is 12.1 Å². The van der Waals surface area contributed by atoms with E-state index in [-0.39, 0.29) is 23.8 Å². The van der Waals surface area contributed by atoms with Gasteiger partial charge in [0.05, 0.1) is 17.8 Å². The Labute approximate surface area is 99.6 Å². The largest absolute Gasteiger partial charge is 0.306 e. The zero-order valence-electron chi connectivity index (χ0n) is 9.64. The first-order valence-electron chi connectivity index (χ1n) is 5.85. The summed E-state index contributed by atoms with van der Waals surface area (Å²) in [6.45, 7) is 2.36. The molecule has 2 atom stereocenters. The quantitative estimate of drug-likeness (QED) is 0.770. The maximum Gasteiger partial charge on any atom is 0.244 e. The molecule has 2 aliphatic heterocycles. The van der Waals surface area contributed by atoms with Gasteiger partial charge in [-0.25, -0.2) is 0 Å². The van der Waals surface area contributed by atoms with Gasteiger partial charge in [0.25, 0.3) is 0 Å². The van der Waals surface area contributed by atoms with Gasteiger partial charge >= 0.3 is 0 Å². The lowest BCUT2D eigenvalue weighted by Gasteiger charge is -2.28. The maximum atomic E-state index is 12.1. The summed E-state index contributed by atoms with van der Waals surface area (Å²) in [5.41, 5.74) is 1.40. The van der Waals surface area contributed by atoms with Crippen LogP contribution in [-0.4, -0.2) is 30.3 Å². The van der Waals surface area contributed by atoms with Gasteiger partial charge in [-0.3, -0.25) is 9.59 Å². The van der Waals surface area contributed by atoms with Crippen LogP contribution in [0.1, 0.15) is 23.7 Å². The lowest BCUT2D eigenvalue weighted by atomic mass is 10.1. The van der Waals surface area contributed by atoms with Gasteiger partial charge < -0.3 is 10.2 Å². The molecule has 1 N–H and O–H groups in total. The van der Waals surface area contributed by atoms with Gasteiger partial charge in [-0.1, -0.05) is 12.1 Å². The highest BCUT2D eigenvalue weighted by molar-refractivity contribution is 6.08. The summed E-state index contributed by atoms with van der Waals surface area (Å²) in [5, 5.41) is 3.18. The fourth-order valence-corrected chi connectivity index (χ4v) is 2.75. The monoisotopic (exact) mass is 230 g/mol. The second-order valence-corrected chi connectivity index (χ2v) is 4.63. The van der Waals surface area contributed by atoms with Gasteiger partial charge in [-0.15, -0.1) is 0 Å². The Morgan fingerprint density at radius 1 is 1.41 bits per heavy atom. The van der Waals surface area contributed by atoms with Crippen LogP contribution in [0.4, 0.5) is 5.69 Å². The van der Waals surface area contributed by atoms with Crippen LogP contribution in [0.15, 0.2) is 24.3 Å². The highest BCUT2D eigenvalue weighted by Crippen LogP contribution is 2.32. The van der Waals surface area contributed by atoms with Crippen LogP contribution in [0.3, 0.4) is 0 Å². The molecule has 0 spiro atoms. The van der Waals surface area contributed by atoms with E-state index in [9.17, 15) is 9.59 Å². The van der Waals surface area contributed by atoms with Gasteiger partial charge in [-0.2, -0.15) is 0 Å². The van der Waals surface area contributed by atoms with Crippen molar-refractivity contribution >= 4 is 17.4 Å². The minimum atomic E-state index is -0.0555. The lowest BCUT2D eigenvalue weighted by Crippen LogP contribution is -2.48. The molecule has 2 aliphatic rings. The normalized spacial score (nSPS) is 26.6. The van der Waals surface area contributed by atoms with Crippen molar-refractivity contribution in [2.24, 2.45) is 0 Å². The summed E-state index contributed by atoms with van der Waals surface area (Å²) in [4.78, 5) is 25.5. The Balaban J connectivity index is 2.05. The van der Waals surface area contributed by atoms with Crippen LogP contribution < -0.4 is 10.2 Å². The number of Topliss-reactive ketones (excluding diaryl/α,β-unsaturated/α-hetero) is 1. The molecule has 0 aliphatic carbocycles. The first-order valence-corrected chi connectivity index (χ1v) is 5.85. The van der Waals surface area contributed by atoms with Crippen LogP contribution in [0, 0.1) is 0 Å². The van der Waals surface area contributed by atoms with Crippen molar-refractivity contribution in [2.45, 2.75) is 25.4 Å². The Bertz CT molecular complexity index is 498. The predicted molar refractivity (Wildman–Crippen MR) is 64.1 cm³/mol. The third kappa shape index (κ3) is 1.48. The standard InChI is InChI=1S/C13H14N2O2/c1-8(16)10-4-2-3-5-12(10)15-9-6-11(13(15)17)14-7-9/h2-5,9,11,14H,6-7H2,1H3. The number of hydrogen-bond donors (Lipinski definition) is 1. The molecule has 1 aromatic rings. The Morgan fingerprint density at radius 3 is 2.82 bits per heavy atom. The molecular formula is C13H14N2O2. The number of hydrogen-bond acceptors (Lipinski definition) is 3. The summed E-state index contributed by atoms with van der Waals surface area (Å²) >= 11 is 0. The van der Waals surface area contributed by atoms with E-state index in [4.69, 9.17) is 0 Å². The molecule has 1 aromatic carbocycles. The van der Waals surface area contributed by atoms with E-state index in [0.717, 1.165) is 18.7 Å². The predicted octanol–water partition coefficient (Wildman–Crippen LogP) is 0.966. The van der Waals surface area contributed by atoms with Crippen molar-refractivity contribution in [2.75, 3.05) is 11.4 Å². The molecule has 4 heteroatoms. The van der Waals surface area contributed by atoms with Crippen molar-refractivity contribution in [1.29, 1.82) is 0 Å². The number of nitrogens with one attached hydrogen (secondary N) is 1. The van der Waals surface area contributed by atoms with Crippen LogP contribution in [0.5, 0.6) is 0 Å². The number of benzene rings is 1. The zero-order valence-corrected chi connectivity index (χ0v) is 9.64. The number of fused-ring (bicyclic) bond motifs is 2. The number of amides is 1. The summed E-state index contributed by atoms with van der Waals surface area (Å²) in [6, 6.07) is 7.49. The average molecular weight is 230 g/mol. The number of carbonyl (C=O) groups is 2. The topological polar surface area (TPSA) is 49.4 Å². The van der Waals surface area contributed by atoms with Crippen LogP contribution in [0.2, 0.25) is 0 Å². The van der Waals surface area contributed by atoms with Crippen molar-refractivity contribution < 1.29 is 9.59 Å². The number of anilines is 1. The van der Waals surface area contributed by atoms with E-state index >= 15 is 0 Å². The van der Waals surface area contributed by atoms with Crippen molar-refractivity contribution in [3.05, 3.63) is 29.8 Å². The molecule has 2 saturated heterocycles. The molecule has 2 heterocycles. The number of carbonyl (C=O) groups excluding carboxylic acids is 2. The second-order valence-electron chi connectivity index (χ2n) is 4.63. The zero-order chi connectivity index (χ0) is 12.0. The summed E-state index contributed by atoms with van der Waals surface area (Å²) in [7, 11) is 0. The first kappa shape index (κ1) is 10.5. The van der Waals surface area contributed by atoms with Crippen LogP contribution in [-0.2, 0) is 4.79 Å². The molecule has 3 rings (SSSR count). The van der Waals surface area contributed by atoms with Crippen LogP contribution >= 0.6 is 0 Å². The molecule has 0 saturated carbocycles. The van der Waals surface area contributed by atoms with E-state index in [1.54, 1.807) is 11.0 Å². The molecule has 0 aromatic heterocycles. The highest BCUT2D eigenvalue weighted by atomic mass is 16.2. The molecule has 4 nitrogen and oxygen atoms in total. The van der Waals surface area contributed by atoms with Crippen LogP contribution in [0.25, 0.3) is 0 Å². The number of nitrogens with zero attached hydrogens (tertiary/aromatic N) is 1. The average Bonchev–Trinajstić information content (AvgIpc) is 2.89. The number of piperazine rings is 1. The summed E-state index contributed by atoms with van der Waals surface area (Å²) in [6.07, 6.45) is 0.852. The molecular weight excluding hydrogens is 216 g/mol. The van der Waals surface area contributed by atoms with E-state index < -0.39 is 0 Å². The van der Waals surface area contributed by atoms with Gasteiger partial charge in [0.1, 0.15) is 0 Å². The fraction of sp³-hybridized carbons (Fsp3) is 0.385. The molecule has 1 amide bonds. The SMILES string of the molecule is CC(=O)c1ccccc1N1C(=O)C2CC1CN2. The highest BCUT2D eigenvalue weighted by Gasteiger charge is 2.45. The molecule has 2 bridgehead atoms. The van der Waals surface area contributed by atoms with E-state index in [0.29, 0.717) is 5.56 Å². The molecule has 88 valence electrons. The minimum absolute atomic E-state index is 0.00383. The fourth-order valence-electron chi connectivity index (χ4n) is 2.75. The van der Waals surface area contributed by atoms with Gasteiger partial charge in [0.2, 0.25) is 5.91 Å². The molecule has 2 fully saturated rings. The number of rotatable bonds is 2. The third-order valence-corrected chi connectivity index (χ3v) is 3.55. The number of para-hydroxylation sites is 1. The Hall–Kier alpha value is -1.68. The lowest BCUT2D eigenvalue weighted by molar-refractivity contribution is -0.119. The summed E-state index contributed by atoms with van der Waals surface area (Å²) < 4.78 is 0. The molecule has 17 heavy (non-hydrogen) atoms. The van der Waals surface area contributed by atoms with E-state index in [1.165, 1.54) is 6.92 Å². The van der Waals surface area contributed by atoms with E-state index in [2.05, 4.69) is 5.32 Å². The second kappa shape index (κ2) is 3.67. The number of ketones is 1. The van der Waals surface area contributed by atoms with Crippen molar-refractivity contribution in [3.63, 3.8) is 0 Å². The third-order valence-electron chi connectivity index (χ3n) is 3.55.